The van der Waals surface area contributed by atoms with Crippen molar-refractivity contribution in [1.82, 2.24) is 19.9 Å². The standard InChI is InChI=1S/C15H9BrN4.C8H4BrClN2.C7H6N2/c16-13-3-1-2-11-9-18-15(20-14(11)13)19-12-6-4-10(8-17)5-7-12;9-6-3-1-2-5-4-11-8(10)12-7(5)6;8-5-6-1-3-7(9)4-2-6/h1-7,9H,(H,18,19,20);1-4H;1-4H,9H2. The van der Waals surface area contributed by atoms with Crippen LogP contribution in [-0.4, -0.2) is 19.9 Å². The lowest BCUT2D eigenvalue weighted by Crippen LogP contribution is -1.97. The molecule has 0 amide bonds. The fourth-order valence-corrected chi connectivity index (χ4v) is 4.47. The maximum Gasteiger partial charge on any atom is 0.227 e. The van der Waals surface area contributed by atoms with Crippen LogP contribution in [0.25, 0.3) is 21.8 Å². The molecule has 0 atom stereocenters. The van der Waals surface area contributed by atoms with Crippen LogP contribution in [-0.2, 0) is 0 Å². The molecule has 4 aromatic carbocycles. The molecule has 2 heterocycles. The Morgan fingerprint density at radius 2 is 1.20 bits per heavy atom. The first-order valence-corrected chi connectivity index (χ1v) is 13.8. The van der Waals surface area contributed by atoms with E-state index in [-0.39, 0.29) is 5.28 Å². The lowest BCUT2D eigenvalue weighted by Gasteiger charge is -2.06. The highest BCUT2D eigenvalue weighted by Gasteiger charge is 2.04. The molecule has 6 aromatic rings. The van der Waals surface area contributed by atoms with Crippen LogP contribution < -0.4 is 11.1 Å². The molecule has 0 bridgehead atoms. The van der Waals surface area contributed by atoms with E-state index in [4.69, 9.17) is 27.9 Å². The third kappa shape index (κ3) is 8.19. The average Bonchev–Trinajstić information content (AvgIpc) is 3.00. The summed E-state index contributed by atoms with van der Waals surface area (Å²) in [4.78, 5) is 16.7. The molecule has 0 saturated carbocycles. The van der Waals surface area contributed by atoms with Crippen LogP contribution in [0.3, 0.4) is 0 Å². The van der Waals surface area contributed by atoms with E-state index in [0.717, 1.165) is 36.4 Å². The second-order valence-electron chi connectivity index (χ2n) is 8.24. The van der Waals surface area contributed by atoms with Gasteiger partial charge in [-0.2, -0.15) is 10.5 Å². The van der Waals surface area contributed by atoms with Gasteiger partial charge in [0.05, 0.1) is 34.3 Å². The summed E-state index contributed by atoms with van der Waals surface area (Å²) in [5.74, 6) is 0.522. The number of anilines is 3. The summed E-state index contributed by atoms with van der Waals surface area (Å²) in [7, 11) is 0. The van der Waals surface area contributed by atoms with Gasteiger partial charge in [0.15, 0.2) is 0 Å². The zero-order valence-electron chi connectivity index (χ0n) is 21.1. The number of para-hydroxylation sites is 2. The molecule has 0 spiro atoms. The normalized spacial score (nSPS) is 9.88. The quantitative estimate of drug-likeness (QED) is 0.137. The van der Waals surface area contributed by atoms with E-state index in [1.807, 2.05) is 54.6 Å². The van der Waals surface area contributed by atoms with Gasteiger partial charge in [0, 0.05) is 43.5 Å². The van der Waals surface area contributed by atoms with Gasteiger partial charge in [-0.15, -0.1) is 0 Å². The third-order valence-corrected chi connectivity index (χ3v) is 6.87. The Balaban J connectivity index is 0.000000156. The molecule has 0 unspecified atom stereocenters. The molecule has 0 aliphatic rings. The number of fused-ring (bicyclic) bond motifs is 2. The van der Waals surface area contributed by atoms with E-state index in [1.54, 1.807) is 48.8 Å². The average molecular weight is 687 g/mol. The van der Waals surface area contributed by atoms with Gasteiger partial charge in [0.1, 0.15) is 0 Å². The molecule has 0 radical (unpaired) electrons. The minimum Gasteiger partial charge on any atom is -0.399 e. The zero-order chi connectivity index (χ0) is 29.2. The van der Waals surface area contributed by atoms with Gasteiger partial charge < -0.3 is 11.1 Å². The van der Waals surface area contributed by atoms with Crippen LogP contribution in [0.4, 0.5) is 17.3 Å². The number of benzene rings is 4. The third-order valence-electron chi connectivity index (χ3n) is 5.40. The van der Waals surface area contributed by atoms with E-state index in [0.29, 0.717) is 22.8 Å². The van der Waals surface area contributed by atoms with E-state index in [1.165, 1.54) is 0 Å². The summed E-state index contributed by atoms with van der Waals surface area (Å²) in [5, 5.41) is 22.5. The Hall–Kier alpha value is -4.61. The molecular formula is C30H19Br2ClN8. The fourth-order valence-electron chi connectivity index (χ4n) is 3.39. The molecule has 41 heavy (non-hydrogen) atoms. The number of rotatable bonds is 2. The Labute approximate surface area is 257 Å². The molecule has 0 saturated heterocycles. The van der Waals surface area contributed by atoms with Crippen LogP contribution in [0.1, 0.15) is 11.1 Å². The number of halogens is 3. The monoisotopic (exact) mass is 684 g/mol. The minimum atomic E-state index is 0.273. The van der Waals surface area contributed by atoms with Crippen LogP contribution in [0.2, 0.25) is 5.28 Å². The lowest BCUT2D eigenvalue weighted by molar-refractivity contribution is 1.21. The minimum absolute atomic E-state index is 0.273. The molecule has 0 aliphatic carbocycles. The number of hydrogen-bond donors (Lipinski definition) is 2. The van der Waals surface area contributed by atoms with Crippen molar-refractivity contribution in [3.05, 3.63) is 123 Å². The number of nitrogens with two attached hydrogens (primary N) is 1. The lowest BCUT2D eigenvalue weighted by atomic mass is 10.2. The van der Waals surface area contributed by atoms with Gasteiger partial charge in [-0.05, 0) is 104 Å². The Kier molecular flexibility index (Phi) is 10.1. The fraction of sp³-hybridized carbons (Fsp3) is 0. The van der Waals surface area contributed by atoms with Crippen molar-refractivity contribution in [2.45, 2.75) is 0 Å². The zero-order valence-corrected chi connectivity index (χ0v) is 25.1. The van der Waals surface area contributed by atoms with Crippen molar-refractivity contribution >= 4 is 82.6 Å². The van der Waals surface area contributed by atoms with E-state index in [9.17, 15) is 0 Å². The van der Waals surface area contributed by atoms with Crippen molar-refractivity contribution in [1.29, 1.82) is 10.5 Å². The number of nitrogens with zero attached hydrogens (tertiary/aromatic N) is 6. The molecule has 0 fully saturated rings. The predicted molar refractivity (Wildman–Crippen MR) is 169 cm³/mol. The Morgan fingerprint density at radius 3 is 1.76 bits per heavy atom. The Bertz CT molecular complexity index is 1880. The summed E-state index contributed by atoms with van der Waals surface area (Å²) >= 11 is 12.5. The molecular weight excluding hydrogens is 668 g/mol. The maximum absolute atomic E-state index is 8.77. The van der Waals surface area contributed by atoms with Gasteiger partial charge in [-0.1, -0.05) is 24.3 Å². The molecule has 3 N–H and O–H groups in total. The molecule has 200 valence electrons. The maximum atomic E-state index is 8.77. The molecule has 6 rings (SSSR count). The van der Waals surface area contributed by atoms with E-state index in [2.05, 4.69) is 63.2 Å². The van der Waals surface area contributed by atoms with Crippen LogP contribution in [0.15, 0.2) is 106 Å². The highest BCUT2D eigenvalue weighted by molar-refractivity contribution is 9.11. The Morgan fingerprint density at radius 1 is 0.683 bits per heavy atom. The summed E-state index contributed by atoms with van der Waals surface area (Å²) < 4.78 is 1.87. The topological polar surface area (TPSA) is 137 Å². The largest absolute Gasteiger partial charge is 0.399 e. The van der Waals surface area contributed by atoms with Gasteiger partial charge >= 0.3 is 0 Å². The van der Waals surface area contributed by atoms with Crippen molar-refractivity contribution in [2.75, 3.05) is 11.1 Å². The number of nitrogens with one attached hydrogen (secondary N) is 1. The van der Waals surface area contributed by atoms with E-state index >= 15 is 0 Å². The van der Waals surface area contributed by atoms with Gasteiger partial charge in [0.25, 0.3) is 0 Å². The predicted octanol–water partition coefficient (Wildman–Crippen LogP) is 8.19. The molecule has 2 aromatic heterocycles. The molecule has 11 heteroatoms. The summed E-state index contributed by atoms with van der Waals surface area (Å²) in [6, 6.07) is 29.7. The van der Waals surface area contributed by atoms with Crippen molar-refractivity contribution in [2.24, 2.45) is 0 Å². The summed E-state index contributed by atoms with van der Waals surface area (Å²) in [5.41, 5.74) is 9.87. The molecule has 0 aliphatic heterocycles. The van der Waals surface area contributed by atoms with Crippen LogP contribution in [0.5, 0.6) is 0 Å². The van der Waals surface area contributed by atoms with Gasteiger partial charge in [0.2, 0.25) is 11.2 Å². The van der Waals surface area contributed by atoms with Gasteiger partial charge in [-0.25, -0.2) is 19.9 Å². The second-order valence-corrected chi connectivity index (χ2v) is 10.3. The number of hydrogen-bond acceptors (Lipinski definition) is 8. The summed E-state index contributed by atoms with van der Waals surface area (Å²) in [6.45, 7) is 0. The van der Waals surface area contributed by atoms with Crippen molar-refractivity contribution in [3.8, 4) is 12.1 Å². The van der Waals surface area contributed by atoms with Crippen molar-refractivity contribution < 1.29 is 0 Å². The second kappa shape index (κ2) is 14.1. The smallest absolute Gasteiger partial charge is 0.227 e. The van der Waals surface area contributed by atoms with Crippen LogP contribution >= 0.6 is 43.5 Å². The first-order valence-electron chi connectivity index (χ1n) is 11.9. The first kappa shape index (κ1) is 29.4. The molecule has 8 nitrogen and oxygen atoms in total. The number of nitriles is 2. The van der Waals surface area contributed by atoms with E-state index < -0.39 is 0 Å². The summed E-state index contributed by atoms with van der Waals surface area (Å²) in [6.07, 6.45) is 3.48. The number of aromatic nitrogens is 4. The highest BCUT2D eigenvalue weighted by atomic mass is 79.9. The van der Waals surface area contributed by atoms with Gasteiger partial charge in [-0.3, -0.25) is 0 Å². The van der Waals surface area contributed by atoms with Crippen LogP contribution in [0, 0.1) is 22.7 Å². The SMILES string of the molecule is Clc1ncc2cccc(Br)c2n1.N#Cc1ccc(N)cc1.N#Cc1ccc(Nc2ncc3cccc(Br)c3n2)cc1. The van der Waals surface area contributed by atoms with Crippen molar-refractivity contribution in [3.63, 3.8) is 0 Å². The number of nitrogen functional groups attached to an aromatic ring is 1. The first-order chi connectivity index (χ1) is 19.9. The highest BCUT2D eigenvalue weighted by Crippen LogP contribution is 2.24.